The van der Waals surface area contributed by atoms with Crippen LogP contribution in [0.1, 0.15) is 28.4 Å². The van der Waals surface area contributed by atoms with Gasteiger partial charge in [0.2, 0.25) is 5.13 Å². The molecule has 0 unspecified atom stereocenters. The van der Waals surface area contributed by atoms with E-state index in [-0.39, 0.29) is 10.8 Å². The van der Waals surface area contributed by atoms with Gasteiger partial charge in [0.25, 0.3) is 15.9 Å². The Morgan fingerprint density at radius 2 is 1.83 bits per heavy atom. The first-order chi connectivity index (χ1) is 13.8. The third-order valence-corrected chi connectivity index (χ3v) is 7.19. The van der Waals surface area contributed by atoms with Crippen LogP contribution in [-0.4, -0.2) is 30.3 Å². The molecule has 29 heavy (non-hydrogen) atoms. The third-order valence-electron chi connectivity index (χ3n) is 3.96. The zero-order chi connectivity index (χ0) is 21.0. The number of amides is 1. The third kappa shape index (κ3) is 5.34. The molecule has 3 aromatic rings. The van der Waals surface area contributed by atoms with Crippen molar-refractivity contribution in [2.24, 2.45) is 0 Å². The summed E-state index contributed by atoms with van der Waals surface area (Å²) in [5, 5.41) is 11.1. The Balaban J connectivity index is 1.73. The molecule has 0 aliphatic heterocycles. The average Bonchev–Trinajstić information content (AvgIpc) is 3.11. The Morgan fingerprint density at radius 1 is 1.10 bits per heavy atom. The quantitative estimate of drug-likeness (QED) is 0.412. The number of anilines is 2. The number of hydrogen-bond acceptors (Lipinski definition) is 7. The van der Waals surface area contributed by atoms with E-state index in [0.717, 1.165) is 15.7 Å². The SMILES string of the molecule is CCSc1nnc(NC(=O)c2ccc(NS(=O)(=O)c3ccc(C)cc3)c(C)c2)s1. The molecule has 0 bridgehead atoms. The summed E-state index contributed by atoms with van der Waals surface area (Å²) in [5.74, 6) is 0.548. The number of benzene rings is 2. The van der Waals surface area contributed by atoms with Gasteiger partial charge >= 0.3 is 0 Å². The predicted molar refractivity (Wildman–Crippen MR) is 117 cm³/mol. The van der Waals surface area contributed by atoms with Crippen LogP contribution in [0.25, 0.3) is 0 Å². The van der Waals surface area contributed by atoms with E-state index in [4.69, 9.17) is 0 Å². The number of hydrogen-bond donors (Lipinski definition) is 2. The van der Waals surface area contributed by atoms with Crippen molar-refractivity contribution >= 4 is 49.8 Å². The Hall–Kier alpha value is -2.43. The fourth-order valence-electron chi connectivity index (χ4n) is 2.45. The van der Waals surface area contributed by atoms with Crippen LogP contribution in [0.15, 0.2) is 51.7 Å². The van der Waals surface area contributed by atoms with E-state index in [9.17, 15) is 13.2 Å². The van der Waals surface area contributed by atoms with E-state index >= 15 is 0 Å². The fourth-order valence-corrected chi connectivity index (χ4v) is 5.23. The molecule has 0 aliphatic rings. The molecule has 1 heterocycles. The number of aromatic nitrogens is 2. The van der Waals surface area contributed by atoms with Crippen LogP contribution >= 0.6 is 23.1 Å². The molecule has 10 heteroatoms. The Kier molecular flexibility index (Phi) is 6.56. The molecular formula is C19H20N4O3S3. The molecule has 0 aliphatic carbocycles. The highest BCUT2D eigenvalue weighted by molar-refractivity contribution is 8.01. The Morgan fingerprint density at radius 3 is 2.48 bits per heavy atom. The van der Waals surface area contributed by atoms with Gasteiger partial charge in [-0.15, -0.1) is 10.2 Å². The van der Waals surface area contributed by atoms with Crippen molar-refractivity contribution in [1.29, 1.82) is 0 Å². The van der Waals surface area contributed by atoms with Crippen LogP contribution in [0.3, 0.4) is 0 Å². The van der Waals surface area contributed by atoms with E-state index in [1.807, 2.05) is 13.8 Å². The maximum absolute atomic E-state index is 12.6. The molecule has 152 valence electrons. The zero-order valence-corrected chi connectivity index (χ0v) is 18.5. The minimum atomic E-state index is -3.71. The number of rotatable bonds is 7. The lowest BCUT2D eigenvalue weighted by molar-refractivity contribution is 0.102. The van der Waals surface area contributed by atoms with Crippen molar-refractivity contribution in [1.82, 2.24) is 10.2 Å². The highest BCUT2D eigenvalue weighted by Gasteiger charge is 2.17. The summed E-state index contributed by atoms with van der Waals surface area (Å²) < 4.78 is 28.5. The average molecular weight is 449 g/mol. The van der Waals surface area contributed by atoms with Crippen molar-refractivity contribution in [2.45, 2.75) is 30.0 Å². The summed E-state index contributed by atoms with van der Waals surface area (Å²) in [6, 6.07) is 11.4. The van der Waals surface area contributed by atoms with E-state index in [1.165, 1.54) is 11.3 Å². The maximum atomic E-state index is 12.6. The molecular weight excluding hydrogens is 428 g/mol. The predicted octanol–water partition coefficient (Wildman–Crippen LogP) is 4.32. The van der Waals surface area contributed by atoms with Gasteiger partial charge in [-0.1, -0.05) is 47.7 Å². The van der Waals surface area contributed by atoms with Crippen LogP contribution in [0, 0.1) is 13.8 Å². The lowest BCUT2D eigenvalue weighted by Crippen LogP contribution is -2.15. The van der Waals surface area contributed by atoms with Gasteiger partial charge in [0.15, 0.2) is 4.34 Å². The minimum Gasteiger partial charge on any atom is -0.296 e. The number of aryl methyl sites for hydroxylation is 2. The van der Waals surface area contributed by atoms with Gasteiger partial charge in [-0.05, 0) is 55.5 Å². The second-order valence-corrected chi connectivity index (χ2v) is 10.4. The minimum absolute atomic E-state index is 0.182. The summed E-state index contributed by atoms with van der Waals surface area (Å²) in [4.78, 5) is 12.6. The van der Waals surface area contributed by atoms with E-state index in [1.54, 1.807) is 61.2 Å². The monoisotopic (exact) mass is 448 g/mol. The van der Waals surface area contributed by atoms with Crippen molar-refractivity contribution in [3.8, 4) is 0 Å². The topological polar surface area (TPSA) is 101 Å². The summed E-state index contributed by atoms with van der Waals surface area (Å²) >= 11 is 2.87. The molecule has 1 aromatic heterocycles. The smallest absolute Gasteiger partial charge is 0.261 e. The number of nitrogens with zero attached hydrogens (tertiary/aromatic N) is 2. The highest BCUT2D eigenvalue weighted by atomic mass is 32.2. The largest absolute Gasteiger partial charge is 0.296 e. The molecule has 0 saturated carbocycles. The normalized spacial score (nSPS) is 11.3. The number of sulfonamides is 1. The van der Waals surface area contributed by atoms with Gasteiger partial charge in [-0.2, -0.15) is 0 Å². The first-order valence-corrected chi connectivity index (χ1v) is 12.0. The molecule has 7 nitrogen and oxygen atoms in total. The van der Waals surface area contributed by atoms with Crippen molar-refractivity contribution in [3.05, 3.63) is 59.2 Å². The molecule has 3 rings (SSSR count). The van der Waals surface area contributed by atoms with Gasteiger partial charge in [0.1, 0.15) is 0 Å². The molecule has 0 saturated heterocycles. The van der Waals surface area contributed by atoms with Crippen LogP contribution in [0.5, 0.6) is 0 Å². The Bertz CT molecular complexity index is 1130. The van der Waals surface area contributed by atoms with Crippen LogP contribution in [-0.2, 0) is 10.0 Å². The highest BCUT2D eigenvalue weighted by Crippen LogP contribution is 2.26. The van der Waals surface area contributed by atoms with Crippen molar-refractivity contribution < 1.29 is 13.2 Å². The van der Waals surface area contributed by atoms with Gasteiger partial charge in [-0.25, -0.2) is 8.42 Å². The summed E-state index contributed by atoms with van der Waals surface area (Å²) in [7, 11) is -3.71. The second kappa shape index (κ2) is 8.93. The summed E-state index contributed by atoms with van der Waals surface area (Å²) in [5.41, 5.74) is 2.43. The fraction of sp³-hybridized carbons (Fsp3) is 0.211. The molecule has 0 spiro atoms. The molecule has 0 atom stereocenters. The molecule has 0 radical (unpaired) electrons. The van der Waals surface area contributed by atoms with Gasteiger partial charge in [0.05, 0.1) is 10.6 Å². The lowest BCUT2D eigenvalue weighted by atomic mass is 10.1. The standard InChI is InChI=1S/C19H20N4O3S3/c1-4-27-19-22-21-18(28-19)20-17(24)14-7-10-16(13(3)11-14)23-29(25,26)15-8-5-12(2)6-9-15/h5-11,23H,4H2,1-3H3,(H,20,21,24). The number of thioether (sulfide) groups is 1. The number of carbonyl (C=O) groups excluding carboxylic acids is 1. The molecule has 2 N–H and O–H groups in total. The molecule has 1 amide bonds. The van der Waals surface area contributed by atoms with E-state index in [0.29, 0.717) is 21.9 Å². The van der Waals surface area contributed by atoms with Gasteiger partial charge in [-0.3, -0.25) is 14.8 Å². The molecule has 0 fully saturated rings. The number of carbonyl (C=O) groups is 1. The second-order valence-electron chi connectivity index (χ2n) is 6.21. The van der Waals surface area contributed by atoms with Crippen molar-refractivity contribution in [3.63, 3.8) is 0 Å². The van der Waals surface area contributed by atoms with Crippen LogP contribution in [0.2, 0.25) is 0 Å². The van der Waals surface area contributed by atoms with E-state index in [2.05, 4.69) is 20.2 Å². The maximum Gasteiger partial charge on any atom is 0.261 e. The van der Waals surface area contributed by atoms with Crippen LogP contribution in [0.4, 0.5) is 10.8 Å². The summed E-state index contributed by atoms with van der Waals surface area (Å²) in [6.07, 6.45) is 0. The first-order valence-electron chi connectivity index (χ1n) is 8.76. The Labute approximate surface area is 178 Å². The van der Waals surface area contributed by atoms with Crippen molar-refractivity contribution in [2.75, 3.05) is 15.8 Å². The molecule has 2 aromatic carbocycles. The zero-order valence-electron chi connectivity index (χ0n) is 16.1. The van der Waals surface area contributed by atoms with Gasteiger partial charge in [0, 0.05) is 5.56 Å². The summed E-state index contributed by atoms with van der Waals surface area (Å²) in [6.45, 7) is 5.65. The van der Waals surface area contributed by atoms with Gasteiger partial charge < -0.3 is 0 Å². The number of nitrogens with one attached hydrogen (secondary N) is 2. The first kappa shape index (κ1) is 21.3. The van der Waals surface area contributed by atoms with Crippen LogP contribution < -0.4 is 10.0 Å². The van der Waals surface area contributed by atoms with E-state index < -0.39 is 10.0 Å². The lowest BCUT2D eigenvalue weighted by Gasteiger charge is -2.12.